The second-order valence-corrected chi connectivity index (χ2v) is 8.79. The molecule has 12 heteroatoms. The highest BCUT2D eigenvalue weighted by atomic mass is 32.2. The number of sulfonamides is 1. The highest BCUT2D eigenvalue weighted by Gasteiger charge is 2.27. The van der Waals surface area contributed by atoms with Gasteiger partial charge >= 0.3 is 6.18 Å². The Morgan fingerprint density at radius 2 is 1.85 bits per heavy atom. The molecule has 1 heterocycles. The van der Waals surface area contributed by atoms with Crippen LogP contribution in [0.25, 0.3) is 10.9 Å². The number of carbonyl (C=O) groups is 1. The third-order valence-corrected chi connectivity index (χ3v) is 5.55. The van der Waals surface area contributed by atoms with E-state index in [1.54, 1.807) is 12.1 Å². The van der Waals surface area contributed by atoms with E-state index in [1.807, 2.05) is 24.3 Å². The molecule has 2 aromatic carbocycles. The van der Waals surface area contributed by atoms with Crippen LogP contribution in [-0.2, 0) is 21.2 Å². The summed E-state index contributed by atoms with van der Waals surface area (Å²) in [7, 11) is -4.17. The van der Waals surface area contributed by atoms with E-state index >= 15 is 0 Å². The topological polar surface area (TPSA) is 121 Å². The molecule has 1 amide bonds. The first-order chi connectivity index (χ1) is 16.0. The lowest BCUT2D eigenvalue weighted by Gasteiger charge is -2.13. The van der Waals surface area contributed by atoms with Crippen molar-refractivity contribution >= 4 is 26.8 Å². The summed E-state index contributed by atoms with van der Waals surface area (Å²) in [5.74, 6) is -0.433. The molecule has 34 heavy (non-hydrogen) atoms. The van der Waals surface area contributed by atoms with Crippen LogP contribution in [-0.4, -0.2) is 51.9 Å². The maximum absolute atomic E-state index is 12.4. The number of rotatable bonds is 10. The number of hydrogen-bond acceptors (Lipinski definition) is 6. The minimum atomic E-state index is -4.46. The highest BCUT2D eigenvalue weighted by Crippen LogP contribution is 2.24. The zero-order valence-corrected chi connectivity index (χ0v) is 18.7. The molecular formula is C22H22F3N3O5S. The molecule has 0 atom stereocenters. The van der Waals surface area contributed by atoms with Crippen molar-refractivity contribution in [3.05, 3.63) is 65.9 Å². The van der Waals surface area contributed by atoms with Gasteiger partial charge in [0.2, 0.25) is 10.0 Å². The van der Waals surface area contributed by atoms with Crippen LogP contribution in [0, 0.1) is 0 Å². The van der Waals surface area contributed by atoms with Gasteiger partial charge in [0.05, 0.1) is 17.7 Å². The van der Waals surface area contributed by atoms with E-state index in [0.29, 0.717) is 17.5 Å². The quantitative estimate of drug-likeness (QED) is 0.416. The zero-order chi connectivity index (χ0) is 24.8. The van der Waals surface area contributed by atoms with Gasteiger partial charge in [0.15, 0.2) is 0 Å². The molecule has 8 nitrogen and oxygen atoms in total. The zero-order valence-electron chi connectivity index (χ0n) is 17.8. The molecular weight excluding hydrogens is 475 g/mol. The summed E-state index contributed by atoms with van der Waals surface area (Å²) in [6.45, 7) is -1.91. The Morgan fingerprint density at radius 3 is 2.59 bits per heavy atom. The second-order valence-electron chi connectivity index (χ2n) is 7.26. The average Bonchev–Trinajstić information content (AvgIpc) is 2.77. The van der Waals surface area contributed by atoms with Crippen LogP contribution >= 0.6 is 0 Å². The van der Waals surface area contributed by atoms with E-state index in [0.717, 1.165) is 10.9 Å². The number of fused-ring (bicyclic) bond motifs is 1. The lowest BCUT2D eigenvalue weighted by atomic mass is 10.1. The number of aromatic nitrogens is 1. The fourth-order valence-corrected chi connectivity index (χ4v) is 3.79. The summed E-state index contributed by atoms with van der Waals surface area (Å²) in [5.41, 5.74) is 1.71. The van der Waals surface area contributed by atoms with Crippen molar-refractivity contribution in [2.75, 3.05) is 26.4 Å². The molecule has 3 rings (SSSR count). The average molecular weight is 497 g/mol. The second kappa shape index (κ2) is 10.8. The molecule has 182 valence electrons. The number of hydrogen-bond donors (Lipinski definition) is 2. The Morgan fingerprint density at radius 1 is 1.09 bits per heavy atom. The number of ether oxygens (including phenoxy) is 2. The minimum Gasteiger partial charge on any atom is -0.490 e. The van der Waals surface area contributed by atoms with Crippen molar-refractivity contribution in [2.45, 2.75) is 17.5 Å². The predicted molar refractivity (Wildman–Crippen MR) is 118 cm³/mol. The number of halogens is 3. The van der Waals surface area contributed by atoms with Crippen LogP contribution in [0.1, 0.15) is 15.9 Å². The molecule has 1 aromatic heterocycles. The van der Waals surface area contributed by atoms with E-state index in [4.69, 9.17) is 9.88 Å². The summed E-state index contributed by atoms with van der Waals surface area (Å²) in [5, 5.41) is 8.82. The summed E-state index contributed by atoms with van der Waals surface area (Å²) in [6.07, 6.45) is -2.70. The van der Waals surface area contributed by atoms with Crippen molar-refractivity contribution in [2.24, 2.45) is 5.14 Å². The SMILES string of the molecule is NS(=O)(=O)c1cc(CCNC(=O)c2cnc3ccccc3c2)ccc1OCCOCC(F)(F)F. The Labute approximate surface area is 193 Å². The standard InChI is InChI=1S/C22H22F3N3O5S/c23-22(24,25)14-32-9-10-33-19-6-5-15(11-20(19)34(26,30)31)7-8-27-21(29)17-12-16-3-1-2-4-18(16)28-13-17/h1-6,11-13H,7-10,14H2,(H,27,29)(H2,26,30,31). The van der Waals surface area contributed by atoms with Crippen molar-refractivity contribution in [1.29, 1.82) is 0 Å². The fraction of sp³-hybridized carbons (Fsp3) is 0.273. The number of nitrogens with one attached hydrogen (secondary N) is 1. The van der Waals surface area contributed by atoms with Gasteiger partial charge in [-0.05, 0) is 36.2 Å². The molecule has 0 unspecified atom stereocenters. The first-order valence-corrected chi connectivity index (χ1v) is 11.6. The lowest BCUT2D eigenvalue weighted by molar-refractivity contribution is -0.175. The molecule has 0 spiro atoms. The summed E-state index contributed by atoms with van der Waals surface area (Å²) in [4.78, 5) is 16.4. The highest BCUT2D eigenvalue weighted by molar-refractivity contribution is 7.89. The van der Waals surface area contributed by atoms with Crippen LogP contribution in [0.5, 0.6) is 5.75 Å². The largest absolute Gasteiger partial charge is 0.490 e. The fourth-order valence-electron chi connectivity index (χ4n) is 3.07. The van der Waals surface area contributed by atoms with Gasteiger partial charge in [0.1, 0.15) is 23.9 Å². The number of amides is 1. The van der Waals surface area contributed by atoms with Crippen molar-refractivity contribution in [3.63, 3.8) is 0 Å². The molecule has 0 fully saturated rings. The Hall–Kier alpha value is -3.22. The smallest absolute Gasteiger partial charge is 0.411 e. The normalized spacial score (nSPS) is 12.0. The molecule has 3 aromatic rings. The molecule has 0 aliphatic rings. The molecule has 3 N–H and O–H groups in total. The monoisotopic (exact) mass is 497 g/mol. The number of nitrogens with zero attached hydrogens (tertiary/aromatic N) is 1. The van der Waals surface area contributed by atoms with Gasteiger partial charge in [-0.1, -0.05) is 24.3 Å². The molecule has 0 aliphatic heterocycles. The third kappa shape index (κ3) is 7.40. The van der Waals surface area contributed by atoms with E-state index in [1.165, 1.54) is 18.3 Å². The first kappa shape index (κ1) is 25.4. The molecule has 0 saturated heterocycles. The number of benzene rings is 2. The van der Waals surface area contributed by atoms with Crippen LogP contribution in [0.2, 0.25) is 0 Å². The molecule has 0 radical (unpaired) electrons. The maximum atomic E-state index is 12.4. The molecule has 0 saturated carbocycles. The van der Waals surface area contributed by atoms with E-state index in [2.05, 4.69) is 15.0 Å². The van der Waals surface area contributed by atoms with Gasteiger partial charge in [0, 0.05) is 18.1 Å². The number of nitrogens with two attached hydrogens (primary N) is 1. The van der Waals surface area contributed by atoms with Gasteiger partial charge < -0.3 is 14.8 Å². The van der Waals surface area contributed by atoms with Gasteiger partial charge in [-0.2, -0.15) is 13.2 Å². The minimum absolute atomic E-state index is 0.104. The lowest BCUT2D eigenvalue weighted by Crippen LogP contribution is -2.26. The summed E-state index contributed by atoms with van der Waals surface area (Å²) in [6, 6.07) is 13.3. The van der Waals surface area contributed by atoms with Crippen LogP contribution < -0.4 is 15.2 Å². The Bertz CT molecular complexity index is 1270. The number of primary sulfonamides is 1. The number of alkyl halides is 3. The van der Waals surface area contributed by atoms with Gasteiger partial charge in [-0.3, -0.25) is 9.78 Å². The van der Waals surface area contributed by atoms with Crippen LogP contribution in [0.4, 0.5) is 13.2 Å². The Balaban J connectivity index is 1.58. The van der Waals surface area contributed by atoms with Gasteiger partial charge in [-0.25, -0.2) is 13.6 Å². The molecule has 0 bridgehead atoms. The number of pyridine rings is 1. The van der Waals surface area contributed by atoms with E-state index in [9.17, 15) is 26.4 Å². The molecule has 0 aliphatic carbocycles. The maximum Gasteiger partial charge on any atom is 0.411 e. The van der Waals surface area contributed by atoms with Crippen molar-refractivity contribution < 1.29 is 35.9 Å². The summed E-state index contributed by atoms with van der Waals surface area (Å²) < 4.78 is 69.8. The van der Waals surface area contributed by atoms with Gasteiger partial charge in [-0.15, -0.1) is 0 Å². The van der Waals surface area contributed by atoms with Gasteiger partial charge in [0.25, 0.3) is 5.91 Å². The Kier molecular flexibility index (Phi) is 8.07. The van der Waals surface area contributed by atoms with Crippen molar-refractivity contribution in [3.8, 4) is 5.75 Å². The van der Waals surface area contributed by atoms with Crippen LogP contribution in [0.15, 0.2) is 59.6 Å². The van der Waals surface area contributed by atoms with Crippen LogP contribution in [0.3, 0.4) is 0 Å². The van der Waals surface area contributed by atoms with E-state index < -0.39 is 22.8 Å². The number of para-hydroxylation sites is 1. The summed E-state index contributed by atoms with van der Waals surface area (Å²) >= 11 is 0. The predicted octanol–water partition coefficient (Wildman–Crippen LogP) is 2.81. The first-order valence-electron chi connectivity index (χ1n) is 10.1. The van der Waals surface area contributed by atoms with Crippen molar-refractivity contribution in [1.82, 2.24) is 10.3 Å². The third-order valence-electron chi connectivity index (χ3n) is 4.62. The van der Waals surface area contributed by atoms with E-state index in [-0.39, 0.29) is 36.3 Å². The number of carbonyl (C=O) groups excluding carboxylic acids is 1.